The zero-order valence-corrected chi connectivity index (χ0v) is 11.8. The van der Waals surface area contributed by atoms with Crippen molar-refractivity contribution in [3.8, 4) is 11.1 Å². The van der Waals surface area contributed by atoms with E-state index in [1.54, 1.807) is 10.9 Å². The lowest BCUT2D eigenvalue weighted by molar-refractivity contribution is 0.719. The molecule has 0 fully saturated rings. The molecule has 0 radical (unpaired) electrons. The van der Waals surface area contributed by atoms with Crippen LogP contribution in [0, 0.1) is 0 Å². The van der Waals surface area contributed by atoms with E-state index in [1.165, 1.54) is 11.3 Å². The summed E-state index contributed by atoms with van der Waals surface area (Å²) < 4.78 is 2.32. The van der Waals surface area contributed by atoms with Gasteiger partial charge in [-0.3, -0.25) is 9.36 Å². The highest BCUT2D eigenvalue weighted by molar-refractivity contribution is 7.17. The number of aromatic nitrogens is 2. The van der Waals surface area contributed by atoms with Crippen LogP contribution in [0.1, 0.15) is 6.92 Å². The normalized spacial score (nSPS) is 11.1. The number of aryl methyl sites for hydroxylation is 1. The third-order valence-electron chi connectivity index (χ3n) is 3.04. The largest absolute Gasteiger partial charge is 0.298 e. The van der Waals surface area contributed by atoms with E-state index in [0.29, 0.717) is 16.3 Å². The fourth-order valence-electron chi connectivity index (χ4n) is 2.00. The standard InChI is InChI=1S/C14H11ClN2OS/c1-2-17-8-16-12-11(7-19-13(12)14(17)18)9-3-5-10(15)6-4-9/h3-8H,2H2,1H3. The van der Waals surface area contributed by atoms with Gasteiger partial charge in [-0.15, -0.1) is 11.3 Å². The number of benzene rings is 1. The Hall–Kier alpha value is -1.65. The number of nitrogens with zero attached hydrogens (tertiary/aromatic N) is 2. The molecule has 3 nitrogen and oxygen atoms in total. The molecule has 0 bridgehead atoms. The van der Waals surface area contributed by atoms with Gasteiger partial charge >= 0.3 is 0 Å². The second kappa shape index (κ2) is 4.79. The lowest BCUT2D eigenvalue weighted by atomic mass is 10.1. The van der Waals surface area contributed by atoms with Crippen molar-refractivity contribution >= 4 is 33.2 Å². The Labute approximate surface area is 119 Å². The molecule has 0 N–H and O–H groups in total. The number of thiophene rings is 1. The number of hydrogen-bond acceptors (Lipinski definition) is 3. The Morgan fingerprint density at radius 1 is 1.32 bits per heavy atom. The lowest BCUT2D eigenvalue weighted by Gasteiger charge is -2.02. The van der Waals surface area contributed by atoms with Crippen LogP contribution < -0.4 is 5.56 Å². The molecule has 5 heteroatoms. The van der Waals surface area contributed by atoms with Gasteiger partial charge in [0.1, 0.15) is 4.70 Å². The van der Waals surface area contributed by atoms with Crippen LogP contribution in [0.5, 0.6) is 0 Å². The third-order valence-corrected chi connectivity index (χ3v) is 4.25. The molecule has 96 valence electrons. The summed E-state index contributed by atoms with van der Waals surface area (Å²) in [5.41, 5.74) is 2.80. The highest BCUT2D eigenvalue weighted by Crippen LogP contribution is 2.31. The zero-order valence-electron chi connectivity index (χ0n) is 10.3. The fourth-order valence-corrected chi connectivity index (χ4v) is 3.10. The third kappa shape index (κ3) is 2.07. The van der Waals surface area contributed by atoms with Crippen LogP contribution in [0.3, 0.4) is 0 Å². The molecule has 0 aliphatic carbocycles. The molecule has 19 heavy (non-hydrogen) atoms. The molecule has 2 heterocycles. The van der Waals surface area contributed by atoms with Crippen LogP contribution in [0.4, 0.5) is 0 Å². The summed E-state index contributed by atoms with van der Waals surface area (Å²) in [6.07, 6.45) is 1.61. The van der Waals surface area contributed by atoms with Gasteiger partial charge in [0.2, 0.25) is 0 Å². The van der Waals surface area contributed by atoms with E-state index in [1.807, 2.05) is 36.6 Å². The summed E-state index contributed by atoms with van der Waals surface area (Å²) in [6.45, 7) is 2.57. The molecule has 2 aromatic heterocycles. The maximum atomic E-state index is 12.2. The van der Waals surface area contributed by atoms with Crippen LogP contribution in [-0.2, 0) is 6.54 Å². The molecule has 0 unspecified atom stereocenters. The average Bonchev–Trinajstić information content (AvgIpc) is 2.85. The predicted molar refractivity (Wildman–Crippen MR) is 80.0 cm³/mol. The summed E-state index contributed by atoms with van der Waals surface area (Å²) in [5.74, 6) is 0. The molecule has 0 aliphatic rings. The first kappa shape index (κ1) is 12.4. The second-order valence-electron chi connectivity index (χ2n) is 4.17. The summed E-state index contributed by atoms with van der Waals surface area (Å²) in [5, 5.41) is 2.67. The van der Waals surface area contributed by atoms with E-state index >= 15 is 0 Å². The Morgan fingerprint density at radius 3 is 2.74 bits per heavy atom. The summed E-state index contributed by atoms with van der Waals surface area (Å²) in [7, 11) is 0. The number of fused-ring (bicyclic) bond motifs is 1. The average molecular weight is 291 g/mol. The minimum absolute atomic E-state index is 0.0257. The molecule has 0 spiro atoms. The number of halogens is 1. The topological polar surface area (TPSA) is 34.9 Å². The van der Waals surface area contributed by atoms with Gasteiger partial charge in [0.05, 0.1) is 11.8 Å². The van der Waals surface area contributed by atoms with Crippen LogP contribution in [-0.4, -0.2) is 9.55 Å². The zero-order chi connectivity index (χ0) is 13.4. The Morgan fingerprint density at radius 2 is 2.05 bits per heavy atom. The van der Waals surface area contributed by atoms with Crippen molar-refractivity contribution in [3.63, 3.8) is 0 Å². The maximum Gasteiger partial charge on any atom is 0.271 e. The summed E-state index contributed by atoms with van der Waals surface area (Å²) in [4.78, 5) is 16.6. The van der Waals surface area contributed by atoms with Gasteiger partial charge in [-0.05, 0) is 24.6 Å². The van der Waals surface area contributed by atoms with E-state index < -0.39 is 0 Å². The van der Waals surface area contributed by atoms with Crippen LogP contribution in [0.25, 0.3) is 21.3 Å². The van der Waals surface area contributed by atoms with E-state index in [4.69, 9.17) is 11.6 Å². The Balaban J connectivity index is 2.24. The molecule has 0 atom stereocenters. The molecule has 3 rings (SSSR count). The summed E-state index contributed by atoms with van der Waals surface area (Å²) >= 11 is 7.33. The number of hydrogen-bond donors (Lipinski definition) is 0. The molecule has 1 aromatic carbocycles. The minimum atomic E-state index is 0.0257. The van der Waals surface area contributed by atoms with E-state index in [9.17, 15) is 4.79 Å². The Kier molecular flexibility index (Phi) is 3.12. The second-order valence-corrected chi connectivity index (χ2v) is 5.49. The molecular formula is C14H11ClN2OS. The lowest BCUT2D eigenvalue weighted by Crippen LogP contribution is -2.18. The van der Waals surface area contributed by atoms with E-state index in [2.05, 4.69) is 4.98 Å². The van der Waals surface area contributed by atoms with Gasteiger partial charge in [-0.2, -0.15) is 0 Å². The van der Waals surface area contributed by atoms with Gasteiger partial charge in [-0.25, -0.2) is 4.98 Å². The van der Waals surface area contributed by atoms with Gasteiger partial charge in [0.25, 0.3) is 5.56 Å². The van der Waals surface area contributed by atoms with E-state index in [-0.39, 0.29) is 5.56 Å². The monoisotopic (exact) mass is 290 g/mol. The smallest absolute Gasteiger partial charge is 0.271 e. The first-order valence-electron chi connectivity index (χ1n) is 5.93. The predicted octanol–water partition coefficient (Wildman–Crippen LogP) is 3.80. The van der Waals surface area contributed by atoms with Crippen molar-refractivity contribution < 1.29 is 0 Å². The molecular weight excluding hydrogens is 280 g/mol. The van der Waals surface area contributed by atoms with Gasteiger partial charge in [-0.1, -0.05) is 23.7 Å². The van der Waals surface area contributed by atoms with Crippen molar-refractivity contribution in [2.45, 2.75) is 13.5 Å². The van der Waals surface area contributed by atoms with Crippen molar-refractivity contribution in [1.29, 1.82) is 0 Å². The van der Waals surface area contributed by atoms with Crippen molar-refractivity contribution in [1.82, 2.24) is 9.55 Å². The molecule has 3 aromatic rings. The van der Waals surface area contributed by atoms with Gasteiger partial charge in [0, 0.05) is 22.5 Å². The number of rotatable bonds is 2. The Bertz CT molecular complexity index is 789. The van der Waals surface area contributed by atoms with Crippen molar-refractivity contribution in [3.05, 3.63) is 51.3 Å². The fraction of sp³-hybridized carbons (Fsp3) is 0.143. The molecule has 0 saturated carbocycles. The van der Waals surface area contributed by atoms with Crippen molar-refractivity contribution in [2.24, 2.45) is 0 Å². The van der Waals surface area contributed by atoms with Crippen molar-refractivity contribution in [2.75, 3.05) is 0 Å². The molecule has 0 amide bonds. The minimum Gasteiger partial charge on any atom is -0.298 e. The highest BCUT2D eigenvalue weighted by atomic mass is 35.5. The molecule has 0 aliphatic heterocycles. The first-order valence-corrected chi connectivity index (χ1v) is 7.19. The van der Waals surface area contributed by atoms with E-state index in [0.717, 1.165) is 16.6 Å². The summed E-state index contributed by atoms with van der Waals surface area (Å²) in [6, 6.07) is 7.56. The molecule has 0 saturated heterocycles. The quantitative estimate of drug-likeness (QED) is 0.719. The maximum absolute atomic E-state index is 12.2. The van der Waals surface area contributed by atoms with Crippen LogP contribution in [0.15, 0.2) is 40.8 Å². The van der Waals surface area contributed by atoms with Gasteiger partial charge in [0.15, 0.2) is 0 Å². The van der Waals surface area contributed by atoms with Gasteiger partial charge < -0.3 is 0 Å². The SMILES string of the molecule is CCn1cnc2c(-c3ccc(Cl)cc3)csc2c1=O. The van der Waals surface area contributed by atoms with Crippen LogP contribution in [0.2, 0.25) is 5.02 Å². The first-order chi connectivity index (χ1) is 9.20. The van der Waals surface area contributed by atoms with Crippen LogP contribution >= 0.6 is 22.9 Å². The highest BCUT2D eigenvalue weighted by Gasteiger charge is 2.11.